The van der Waals surface area contributed by atoms with Crippen LogP contribution in [0.25, 0.3) is 11.1 Å². The Morgan fingerprint density at radius 1 is 1.21 bits per heavy atom. The van der Waals surface area contributed by atoms with Gasteiger partial charge in [0.25, 0.3) is 0 Å². The highest BCUT2D eigenvalue weighted by atomic mass is 16.1. The lowest BCUT2D eigenvalue weighted by Crippen LogP contribution is -2.31. The first kappa shape index (κ1) is 16.2. The molecule has 0 aromatic heterocycles. The summed E-state index contributed by atoms with van der Waals surface area (Å²) in [5.41, 5.74) is 10.8. The first-order chi connectivity index (χ1) is 11.6. The SMILES string of the molecule is Cc1cccc(-c2c(N=C3CCCCN3C)ccc(N)c2C=O)c1. The molecule has 24 heavy (non-hydrogen) atoms. The number of amidine groups is 1. The average Bonchev–Trinajstić information content (AvgIpc) is 2.58. The second kappa shape index (κ2) is 6.87. The van der Waals surface area contributed by atoms with E-state index in [1.165, 1.54) is 6.42 Å². The summed E-state index contributed by atoms with van der Waals surface area (Å²) in [5, 5.41) is 0. The van der Waals surface area contributed by atoms with Crippen molar-refractivity contribution in [3.05, 3.63) is 47.5 Å². The molecule has 1 aliphatic heterocycles. The number of carbonyl (C=O) groups is 1. The topological polar surface area (TPSA) is 58.7 Å². The van der Waals surface area contributed by atoms with E-state index in [0.29, 0.717) is 11.3 Å². The van der Waals surface area contributed by atoms with Crippen molar-refractivity contribution in [2.24, 2.45) is 4.99 Å². The summed E-state index contributed by atoms with van der Waals surface area (Å²) in [6.45, 7) is 3.06. The van der Waals surface area contributed by atoms with E-state index < -0.39 is 0 Å². The zero-order valence-corrected chi connectivity index (χ0v) is 14.2. The molecule has 1 heterocycles. The maximum atomic E-state index is 11.7. The van der Waals surface area contributed by atoms with Crippen LogP contribution in [0.2, 0.25) is 0 Å². The van der Waals surface area contributed by atoms with Crippen LogP contribution >= 0.6 is 0 Å². The van der Waals surface area contributed by atoms with Crippen molar-refractivity contribution in [1.29, 1.82) is 0 Å². The van der Waals surface area contributed by atoms with E-state index in [1.807, 2.05) is 31.2 Å². The lowest BCUT2D eigenvalue weighted by Gasteiger charge is -2.26. The van der Waals surface area contributed by atoms with Crippen LogP contribution in [0, 0.1) is 6.92 Å². The summed E-state index contributed by atoms with van der Waals surface area (Å²) in [6.07, 6.45) is 4.14. The van der Waals surface area contributed by atoms with Crippen LogP contribution in [0.1, 0.15) is 35.2 Å². The summed E-state index contributed by atoms with van der Waals surface area (Å²) >= 11 is 0. The molecule has 0 amide bonds. The number of nitrogen functional groups attached to an aromatic ring is 1. The second-order valence-corrected chi connectivity index (χ2v) is 6.36. The van der Waals surface area contributed by atoms with Gasteiger partial charge >= 0.3 is 0 Å². The number of likely N-dealkylation sites (tertiary alicyclic amines) is 1. The molecule has 1 aliphatic rings. The van der Waals surface area contributed by atoms with Crippen LogP contribution in [0.5, 0.6) is 0 Å². The van der Waals surface area contributed by atoms with Crippen LogP contribution in [-0.2, 0) is 0 Å². The van der Waals surface area contributed by atoms with Gasteiger partial charge in [-0.1, -0.05) is 29.8 Å². The van der Waals surface area contributed by atoms with Crippen LogP contribution in [0.15, 0.2) is 41.4 Å². The van der Waals surface area contributed by atoms with Gasteiger partial charge in [0.05, 0.1) is 5.69 Å². The molecule has 0 spiro atoms. The van der Waals surface area contributed by atoms with Gasteiger partial charge in [-0.15, -0.1) is 0 Å². The molecule has 4 heteroatoms. The van der Waals surface area contributed by atoms with Crippen molar-refractivity contribution in [2.45, 2.75) is 26.2 Å². The molecular weight excluding hydrogens is 298 g/mol. The first-order valence-corrected chi connectivity index (χ1v) is 8.33. The molecule has 2 N–H and O–H groups in total. The third-order valence-electron chi connectivity index (χ3n) is 4.52. The molecule has 0 aliphatic carbocycles. The third kappa shape index (κ3) is 3.18. The van der Waals surface area contributed by atoms with E-state index in [9.17, 15) is 4.79 Å². The van der Waals surface area contributed by atoms with Gasteiger partial charge in [-0.3, -0.25) is 4.79 Å². The smallest absolute Gasteiger partial charge is 0.152 e. The van der Waals surface area contributed by atoms with E-state index in [1.54, 1.807) is 6.07 Å². The van der Waals surface area contributed by atoms with Gasteiger partial charge in [0.15, 0.2) is 6.29 Å². The van der Waals surface area contributed by atoms with Gasteiger partial charge in [0, 0.05) is 36.8 Å². The fourth-order valence-electron chi connectivity index (χ4n) is 3.18. The van der Waals surface area contributed by atoms with Crippen LogP contribution in [-0.4, -0.2) is 30.6 Å². The van der Waals surface area contributed by atoms with E-state index in [0.717, 1.165) is 53.9 Å². The highest BCUT2D eigenvalue weighted by Crippen LogP contribution is 2.37. The number of anilines is 1. The fourth-order valence-corrected chi connectivity index (χ4v) is 3.18. The molecule has 0 bridgehead atoms. The molecular formula is C20H23N3O. The van der Waals surface area contributed by atoms with Crippen molar-refractivity contribution < 1.29 is 4.79 Å². The number of carbonyl (C=O) groups excluding carboxylic acids is 1. The Morgan fingerprint density at radius 3 is 2.75 bits per heavy atom. The molecule has 0 radical (unpaired) electrons. The fraction of sp³-hybridized carbons (Fsp3) is 0.300. The Bertz CT molecular complexity index is 795. The van der Waals surface area contributed by atoms with Crippen molar-refractivity contribution in [3.8, 4) is 11.1 Å². The molecule has 4 nitrogen and oxygen atoms in total. The summed E-state index contributed by atoms with van der Waals surface area (Å²) in [6, 6.07) is 11.8. The zero-order valence-electron chi connectivity index (χ0n) is 14.2. The lowest BCUT2D eigenvalue weighted by molar-refractivity contribution is 0.112. The molecule has 1 fully saturated rings. The van der Waals surface area contributed by atoms with Gasteiger partial charge < -0.3 is 10.6 Å². The Morgan fingerprint density at radius 2 is 2.04 bits per heavy atom. The van der Waals surface area contributed by atoms with Gasteiger partial charge in [0.1, 0.15) is 5.84 Å². The maximum Gasteiger partial charge on any atom is 0.152 e. The molecule has 2 aromatic carbocycles. The van der Waals surface area contributed by atoms with Crippen molar-refractivity contribution in [2.75, 3.05) is 19.3 Å². The number of rotatable bonds is 3. The Balaban J connectivity index is 2.19. The van der Waals surface area contributed by atoms with Gasteiger partial charge in [-0.25, -0.2) is 4.99 Å². The number of aliphatic imine (C=N–C) groups is 1. The Kier molecular flexibility index (Phi) is 4.65. The highest BCUT2D eigenvalue weighted by molar-refractivity contribution is 6.00. The summed E-state index contributed by atoms with van der Waals surface area (Å²) in [7, 11) is 2.07. The first-order valence-electron chi connectivity index (χ1n) is 8.33. The van der Waals surface area contributed by atoms with E-state index in [4.69, 9.17) is 10.7 Å². The molecule has 1 saturated heterocycles. The Hall–Kier alpha value is -2.62. The normalized spacial score (nSPS) is 16.4. The standard InChI is InChI=1S/C20H23N3O/c1-14-6-5-7-15(12-14)20-16(13-24)17(21)9-10-18(20)22-19-8-3-4-11-23(19)2/h5-7,9-10,12-13H,3-4,8,11,21H2,1-2H3. The minimum absolute atomic E-state index is 0.488. The lowest BCUT2D eigenvalue weighted by atomic mass is 9.95. The number of hydrogen-bond acceptors (Lipinski definition) is 3. The molecule has 0 atom stereocenters. The monoisotopic (exact) mass is 321 g/mol. The highest BCUT2D eigenvalue weighted by Gasteiger charge is 2.17. The predicted octanol–water partition coefficient (Wildman–Crippen LogP) is 4.20. The second-order valence-electron chi connectivity index (χ2n) is 6.36. The number of hydrogen-bond donors (Lipinski definition) is 1. The minimum Gasteiger partial charge on any atom is -0.398 e. The maximum absolute atomic E-state index is 11.7. The average molecular weight is 321 g/mol. The molecule has 2 aromatic rings. The quantitative estimate of drug-likeness (QED) is 0.681. The largest absolute Gasteiger partial charge is 0.398 e. The number of piperidine rings is 1. The molecule has 0 unspecified atom stereocenters. The van der Waals surface area contributed by atoms with Gasteiger partial charge in [-0.2, -0.15) is 0 Å². The van der Waals surface area contributed by atoms with E-state index >= 15 is 0 Å². The van der Waals surface area contributed by atoms with Crippen LogP contribution in [0.3, 0.4) is 0 Å². The number of nitrogens with two attached hydrogens (primary N) is 1. The Labute approximate surface area is 143 Å². The number of nitrogens with zero attached hydrogens (tertiary/aromatic N) is 2. The zero-order chi connectivity index (χ0) is 17.1. The minimum atomic E-state index is 0.488. The van der Waals surface area contributed by atoms with E-state index in [2.05, 4.69) is 18.0 Å². The number of aldehydes is 1. The van der Waals surface area contributed by atoms with Gasteiger partial charge in [-0.05, 0) is 37.5 Å². The molecule has 3 rings (SSSR count). The van der Waals surface area contributed by atoms with Gasteiger partial charge in [0.2, 0.25) is 0 Å². The molecule has 0 saturated carbocycles. The summed E-state index contributed by atoms with van der Waals surface area (Å²) in [5.74, 6) is 1.07. The van der Waals surface area contributed by atoms with Crippen molar-refractivity contribution in [1.82, 2.24) is 4.90 Å². The summed E-state index contributed by atoms with van der Waals surface area (Å²) < 4.78 is 0. The van der Waals surface area contributed by atoms with E-state index in [-0.39, 0.29) is 0 Å². The number of benzene rings is 2. The van der Waals surface area contributed by atoms with Crippen LogP contribution in [0.4, 0.5) is 11.4 Å². The van der Waals surface area contributed by atoms with Crippen molar-refractivity contribution >= 4 is 23.5 Å². The molecule has 124 valence electrons. The summed E-state index contributed by atoms with van der Waals surface area (Å²) in [4.78, 5) is 18.8. The predicted molar refractivity (Wildman–Crippen MR) is 100.0 cm³/mol. The number of aryl methyl sites for hydroxylation is 1. The third-order valence-corrected chi connectivity index (χ3v) is 4.52. The van der Waals surface area contributed by atoms with Crippen LogP contribution < -0.4 is 5.73 Å². The van der Waals surface area contributed by atoms with Crippen molar-refractivity contribution in [3.63, 3.8) is 0 Å².